The highest BCUT2D eigenvalue weighted by Gasteiger charge is 2.29. The molecule has 158 valence electrons. The average Bonchev–Trinajstić information content (AvgIpc) is 3.49. The van der Waals surface area contributed by atoms with Crippen LogP contribution in [-0.4, -0.2) is 48.2 Å². The number of carbonyl (C=O) groups is 1. The monoisotopic (exact) mass is 406 g/mol. The molecule has 0 bridgehead atoms. The van der Waals surface area contributed by atoms with Gasteiger partial charge in [-0.15, -0.1) is 0 Å². The lowest BCUT2D eigenvalue weighted by molar-refractivity contribution is -0.126. The number of carbonyl (C=O) groups excluding carboxylic acids is 1. The first kappa shape index (κ1) is 19.5. The Bertz CT molecular complexity index is 888. The van der Waals surface area contributed by atoms with Crippen LogP contribution in [0.4, 0.5) is 5.82 Å². The molecule has 1 aliphatic carbocycles. The third-order valence-corrected chi connectivity index (χ3v) is 6.64. The zero-order valence-corrected chi connectivity index (χ0v) is 17.5. The highest BCUT2D eigenvalue weighted by atomic mass is 16.5. The third kappa shape index (κ3) is 4.06. The van der Waals surface area contributed by atoms with Gasteiger partial charge in [-0.2, -0.15) is 0 Å². The van der Waals surface area contributed by atoms with Crippen molar-refractivity contribution in [3.8, 4) is 11.4 Å². The van der Waals surface area contributed by atoms with Gasteiger partial charge in [-0.25, -0.2) is 9.97 Å². The van der Waals surface area contributed by atoms with E-state index < -0.39 is 0 Å². The van der Waals surface area contributed by atoms with Crippen LogP contribution in [0.1, 0.15) is 43.4 Å². The number of hydrogen-bond donors (Lipinski definition) is 1. The molecule has 0 spiro atoms. The van der Waals surface area contributed by atoms with Crippen molar-refractivity contribution in [1.82, 2.24) is 15.3 Å². The van der Waals surface area contributed by atoms with Crippen LogP contribution in [0.3, 0.4) is 0 Å². The van der Waals surface area contributed by atoms with Crippen molar-refractivity contribution in [3.05, 3.63) is 41.6 Å². The van der Waals surface area contributed by atoms with Gasteiger partial charge < -0.3 is 15.0 Å². The normalized spacial score (nSPS) is 21.6. The van der Waals surface area contributed by atoms with E-state index in [0.717, 1.165) is 81.8 Å². The van der Waals surface area contributed by atoms with Crippen LogP contribution in [-0.2, 0) is 22.4 Å². The first-order valence-corrected chi connectivity index (χ1v) is 11.4. The zero-order valence-electron chi connectivity index (χ0n) is 17.5. The van der Waals surface area contributed by atoms with Crippen molar-refractivity contribution < 1.29 is 9.53 Å². The molecule has 1 atom stereocenters. The molecule has 1 aromatic heterocycles. The number of fused-ring (bicyclic) bond motifs is 1. The molecule has 2 saturated heterocycles. The van der Waals surface area contributed by atoms with E-state index >= 15 is 0 Å². The highest BCUT2D eigenvalue weighted by Crippen LogP contribution is 2.33. The molecular weight excluding hydrogens is 376 g/mol. The molecule has 2 aromatic rings. The fourth-order valence-electron chi connectivity index (χ4n) is 4.91. The van der Waals surface area contributed by atoms with E-state index in [1.165, 1.54) is 11.3 Å². The van der Waals surface area contributed by atoms with Gasteiger partial charge >= 0.3 is 0 Å². The minimum Gasteiger partial charge on any atom is -0.376 e. The lowest BCUT2D eigenvalue weighted by Gasteiger charge is -2.33. The Labute approximate surface area is 178 Å². The molecule has 30 heavy (non-hydrogen) atoms. The predicted molar refractivity (Wildman–Crippen MR) is 116 cm³/mol. The van der Waals surface area contributed by atoms with Crippen molar-refractivity contribution in [1.29, 1.82) is 0 Å². The first-order valence-electron chi connectivity index (χ1n) is 11.4. The molecule has 2 fully saturated rings. The second-order valence-corrected chi connectivity index (χ2v) is 8.66. The maximum atomic E-state index is 12.6. The summed E-state index contributed by atoms with van der Waals surface area (Å²) in [6, 6.07) is 10.2. The molecule has 0 radical (unpaired) electrons. The van der Waals surface area contributed by atoms with Crippen LogP contribution in [0.15, 0.2) is 30.3 Å². The van der Waals surface area contributed by atoms with Crippen LogP contribution < -0.4 is 10.2 Å². The summed E-state index contributed by atoms with van der Waals surface area (Å²) in [6.45, 7) is 3.22. The summed E-state index contributed by atoms with van der Waals surface area (Å²) in [7, 11) is 0. The molecule has 3 heterocycles. The lowest BCUT2D eigenvalue weighted by atomic mass is 9.95. The van der Waals surface area contributed by atoms with Gasteiger partial charge in [-0.3, -0.25) is 4.79 Å². The van der Waals surface area contributed by atoms with E-state index in [-0.39, 0.29) is 17.9 Å². The van der Waals surface area contributed by atoms with Gasteiger partial charge in [0.1, 0.15) is 5.82 Å². The summed E-state index contributed by atoms with van der Waals surface area (Å²) >= 11 is 0. The molecule has 3 aliphatic rings. The first-order chi connectivity index (χ1) is 14.8. The number of nitrogens with one attached hydrogen (secondary N) is 1. The van der Waals surface area contributed by atoms with Crippen molar-refractivity contribution in [2.24, 2.45) is 5.92 Å². The number of piperidine rings is 1. The SMILES string of the molecule is O=C(NCC1CCCO1)C1CCN(c2nc(-c3ccccc3)nc3c2CCC3)CC1. The Morgan fingerprint density at radius 3 is 2.67 bits per heavy atom. The minimum atomic E-state index is 0.0890. The maximum Gasteiger partial charge on any atom is 0.223 e. The number of ether oxygens (including phenoxy) is 1. The standard InChI is InChI=1S/C24H30N4O2/c29-24(25-16-19-8-5-15-30-19)18-11-13-28(14-12-18)23-20-9-4-10-21(20)26-22(27-23)17-6-2-1-3-7-17/h1-3,6-7,18-19H,4-5,8-16H2,(H,25,29). The molecule has 1 N–H and O–H groups in total. The number of benzene rings is 1. The Morgan fingerprint density at radius 2 is 1.90 bits per heavy atom. The number of anilines is 1. The van der Waals surface area contributed by atoms with E-state index in [0.29, 0.717) is 6.54 Å². The van der Waals surface area contributed by atoms with Crippen LogP contribution in [0.2, 0.25) is 0 Å². The van der Waals surface area contributed by atoms with Crippen molar-refractivity contribution in [2.45, 2.75) is 51.0 Å². The molecular formula is C24H30N4O2. The maximum absolute atomic E-state index is 12.6. The molecule has 6 nitrogen and oxygen atoms in total. The summed E-state index contributed by atoms with van der Waals surface area (Å²) in [5.41, 5.74) is 3.59. The summed E-state index contributed by atoms with van der Waals surface area (Å²) in [4.78, 5) is 24.9. The van der Waals surface area contributed by atoms with Gasteiger partial charge in [0.05, 0.1) is 6.10 Å². The van der Waals surface area contributed by atoms with Gasteiger partial charge in [0.25, 0.3) is 0 Å². The fraction of sp³-hybridized carbons (Fsp3) is 0.542. The van der Waals surface area contributed by atoms with Gasteiger partial charge in [-0.1, -0.05) is 30.3 Å². The zero-order chi connectivity index (χ0) is 20.3. The van der Waals surface area contributed by atoms with Crippen LogP contribution in [0.5, 0.6) is 0 Å². The third-order valence-electron chi connectivity index (χ3n) is 6.64. The van der Waals surface area contributed by atoms with E-state index in [9.17, 15) is 4.79 Å². The number of rotatable bonds is 5. The second kappa shape index (κ2) is 8.72. The van der Waals surface area contributed by atoms with Crippen LogP contribution >= 0.6 is 0 Å². The average molecular weight is 407 g/mol. The van der Waals surface area contributed by atoms with Crippen LogP contribution in [0.25, 0.3) is 11.4 Å². The number of aromatic nitrogens is 2. The molecule has 2 aliphatic heterocycles. The van der Waals surface area contributed by atoms with Gasteiger partial charge in [0.2, 0.25) is 5.91 Å². The van der Waals surface area contributed by atoms with E-state index in [1.807, 2.05) is 18.2 Å². The van der Waals surface area contributed by atoms with E-state index in [4.69, 9.17) is 14.7 Å². The smallest absolute Gasteiger partial charge is 0.223 e. The van der Waals surface area contributed by atoms with E-state index in [2.05, 4.69) is 22.3 Å². The Kier molecular flexibility index (Phi) is 5.67. The topological polar surface area (TPSA) is 67.3 Å². The van der Waals surface area contributed by atoms with E-state index in [1.54, 1.807) is 0 Å². The summed E-state index contributed by atoms with van der Waals surface area (Å²) < 4.78 is 5.62. The van der Waals surface area contributed by atoms with Crippen molar-refractivity contribution in [2.75, 3.05) is 31.1 Å². The lowest BCUT2D eigenvalue weighted by Crippen LogP contribution is -2.43. The Hall–Kier alpha value is -2.47. The number of hydrogen-bond acceptors (Lipinski definition) is 5. The van der Waals surface area contributed by atoms with Crippen molar-refractivity contribution >= 4 is 11.7 Å². The largest absolute Gasteiger partial charge is 0.376 e. The minimum absolute atomic E-state index is 0.0890. The molecule has 1 amide bonds. The number of aryl methyl sites for hydroxylation is 1. The number of nitrogens with zero attached hydrogens (tertiary/aromatic N) is 3. The van der Waals surface area contributed by atoms with Crippen molar-refractivity contribution in [3.63, 3.8) is 0 Å². The second-order valence-electron chi connectivity index (χ2n) is 8.66. The molecule has 5 rings (SSSR count). The summed E-state index contributed by atoms with van der Waals surface area (Å²) in [6.07, 6.45) is 7.35. The highest BCUT2D eigenvalue weighted by molar-refractivity contribution is 5.79. The molecule has 1 unspecified atom stereocenters. The molecule has 0 saturated carbocycles. The Balaban J connectivity index is 1.26. The summed E-state index contributed by atoms with van der Waals surface area (Å²) in [5.74, 6) is 2.19. The Morgan fingerprint density at radius 1 is 1.07 bits per heavy atom. The van der Waals surface area contributed by atoms with Gasteiger partial charge in [-0.05, 0) is 44.9 Å². The summed E-state index contributed by atoms with van der Waals surface area (Å²) in [5, 5.41) is 3.11. The molecule has 6 heteroatoms. The molecule has 1 aromatic carbocycles. The predicted octanol–water partition coefficient (Wildman–Crippen LogP) is 3.14. The van der Waals surface area contributed by atoms with Gasteiger partial charge in [0.15, 0.2) is 5.82 Å². The van der Waals surface area contributed by atoms with Crippen LogP contribution in [0, 0.1) is 5.92 Å². The number of amides is 1. The fourth-order valence-corrected chi connectivity index (χ4v) is 4.91. The van der Waals surface area contributed by atoms with Gasteiger partial charge in [0, 0.05) is 49.0 Å². The quantitative estimate of drug-likeness (QED) is 0.826.